The number of nitrogens with zero attached hydrogens (tertiary/aromatic N) is 5. The van der Waals surface area contributed by atoms with E-state index in [1.54, 1.807) is 6.07 Å². The first-order chi connectivity index (χ1) is 15.6. The summed E-state index contributed by atoms with van der Waals surface area (Å²) in [5, 5.41) is 19.8. The van der Waals surface area contributed by atoms with Gasteiger partial charge in [-0.15, -0.1) is 22.6 Å². The van der Waals surface area contributed by atoms with Gasteiger partial charge in [0, 0.05) is 32.1 Å². The molecule has 1 saturated heterocycles. The fourth-order valence-electron chi connectivity index (χ4n) is 4.53. The van der Waals surface area contributed by atoms with E-state index in [0.717, 1.165) is 50.5 Å². The summed E-state index contributed by atoms with van der Waals surface area (Å²) in [6, 6.07) is 12.1. The number of aliphatic hydroxyl groups is 1. The molecule has 0 bridgehead atoms. The van der Waals surface area contributed by atoms with Crippen molar-refractivity contribution >= 4 is 41.6 Å². The van der Waals surface area contributed by atoms with Gasteiger partial charge in [0.1, 0.15) is 17.0 Å². The third-order valence-corrected chi connectivity index (χ3v) is 6.81. The van der Waals surface area contributed by atoms with Gasteiger partial charge >= 0.3 is 0 Å². The second-order valence-electron chi connectivity index (χ2n) is 8.39. The third kappa shape index (κ3) is 4.78. The minimum atomic E-state index is -0.0971. The van der Waals surface area contributed by atoms with Crippen molar-refractivity contribution in [1.82, 2.24) is 19.7 Å². The lowest BCUT2D eigenvalue weighted by Crippen LogP contribution is -2.40. The lowest BCUT2D eigenvalue weighted by molar-refractivity contribution is 0.163. The molecule has 7 nitrogen and oxygen atoms in total. The highest BCUT2D eigenvalue weighted by Crippen LogP contribution is 2.53. The number of hydrogen-bond acceptors (Lipinski definition) is 6. The molecule has 2 aromatic heterocycles. The second-order valence-corrected chi connectivity index (χ2v) is 9.24. The number of aromatic nitrogens is 4. The van der Waals surface area contributed by atoms with Crippen molar-refractivity contribution in [2.24, 2.45) is 0 Å². The standard InChI is InChI=1S/C23H25Cl2N5O2.ClH/c24-17-14-19(25)20(26-15-17)32-18-6-10-29(11-7-18)22-28-27-21(30(22)12-13-31)23(8-9-23)16-4-2-1-3-5-16;/h1-5,14-15,18,31H,6-13H2;1H. The van der Waals surface area contributed by atoms with E-state index in [4.69, 9.17) is 27.9 Å². The zero-order valence-electron chi connectivity index (χ0n) is 18.0. The van der Waals surface area contributed by atoms with Crippen LogP contribution in [0.1, 0.15) is 37.1 Å². The number of benzene rings is 1. The number of hydrogen-bond donors (Lipinski definition) is 1. The number of rotatable bonds is 7. The normalized spacial score (nSPS) is 17.5. The van der Waals surface area contributed by atoms with Gasteiger partial charge in [-0.1, -0.05) is 53.5 Å². The number of ether oxygens (including phenoxy) is 1. The van der Waals surface area contributed by atoms with Gasteiger partial charge in [0.15, 0.2) is 0 Å². The Bertz CT molecular complexity index is 1080. The molecule has 176 valence electrons. The summed E-state index contributed by atoms with van der Waals surface area (Å²) >= 11 is 12.1. The van der Waals surface area contributed by atoms with Crippen LogP contribution < -0.4 is 9.64 Å². The minimum absolute atomic E-state index is 0. The molecule has 0 atom stereocenters. The van der Waals surface area contributed by atoms with Gasteiger partial charge in [-0.2, -0.15) is 0 Å². The molecule has 1 N–H and O–H groups in total. The molecule has 1 aromatic carbocycles. The van der Waals surface area contributed by atoms with E-state index in [9.17, 15) is 5.11 Å². The Morgan fingerprint density at radius 3 is 2.45 bits per heavy atom. The lowest BCUT2D eigenvalue weighted by atomic mass is 9.95. The summed E-state index contributed by atoms with van der Waals surface area (Å²) < 4.78 is 8.12. The van der Waals surface area contributed by atoms with Crippen LogP contribution in [0.3, 0.4) is 0 Å². The fourth-order valence-corrected chi connectivity index (χ4v) is 4.96. The molecule has 1 aliphatic heterocycles. The van der Waals surface area contributed by atoms with E-state index < -0.39 is 0 Å². The fraction of sp³-hybridized carbons (Fsp3) is 0.435. The third-order valence-electron chi connectivity index (χ3n) is 6.34. The van der Waals surface area contributed by atoms with Crippen molar-refractivity contribution < 1.29 is 9.84 Å². The molecule has 2 aliphatic rings. The Morgan fingerprint density at radius 2 is 1.82 bits per heavy atom. The van der Waals surface area contributed by atoms with Crippen LogP contribution in [0.25, 0.3) is 0 Å². The first-order valence-electron chi connectivity index (χ1n) is 10.9. The van der Waals surface area contributed by atoms with E-state index in [2.05, 4.69) is 48.9 Å². The number of halogens is 3. The zero-order valence-corrected chi connectivity index (χ0v) is 20.4. The monoisotopic (exact) mass is 509 g/mol. The van der Waals surface area contributed by atoms with E-state index in [-0.39, 0.29) is 30.5 Å². The first-order valence-corrected chi connectivity index (χ1v) is 11.7. The van der Waals surface area contributed by atoms with Gasteiger partial charge in [-0.25, -0.2) is 4.98 Å². The van der Waals surface area contributed by atoms with E-state index in [1.165, 1.54) is 11.8 Å². The SMILES string of the molecule is Cl.OCCn1c(N2CCC(Oc3ncc(Cl)cc3Cl)CC2)nnc1C1(c2ccccc2)CC1. The quantitative estimate of drug-likeness (QED) is 0.504. The van der Waals surface area contributed by atoms with Crippen molar-refractivity contribution in [2.75, 3.05) is 24.6 Å². The Kier molecular flexibility index (Phi) is 7.34. The van der Waals surface area contributed by atoms with Gasteiger partial charge in [-0.3, -0.25) is 4.57 Å². The zero-order chi connectivity index (χ0) is 22.1. The summed E-state index contributed by atoms with van der Waals surface area (Å²) in [5.74, 6) is 2.18. The van der Waals surface area contributed by atoms with Crippen molar-refractivity contribution in [3.8, 4) is 5.88 Å². The van der Waals surface area contributed by atoms with Crippen molar-refractivity contribution in [3.05, 3.63) is 64.0 Å². The molecule has 2 fully saturated rings. The van der Waals surface area contributed by atoms with Gasteiger partial charge in [0.2, 0.25) is 11.8 Å². The lowest BCUT2D eigenvalue weighted by Gasteiger charge is -2.33. The van der Waals surface area contributed by atoms with Crippen LogP contribution in [0.2, 0.25) is 10.0 Å². The molecule has 0 spiro atoms. The highest BCUT2D eigenvalue weighted by Gasteiger charge is 2.50. The smallest absolute Gasteiger partial charge is 0.232 e. The molecule has 3 heterocycles. The second kappa shape index (κ2) is 10.1. The summed E-state index contributed by atoms with van der Waals surface area (Å²) in [6.45, 7) is 2.08. The molecule has 33 heavy (non-hydrogen) atoms. The van der Waals surface area contributed by atoms with Crippen LogP contribution in [0.5, 0.6) is 5.88 Å². The number of piperidine rings is 1. The molecule has 3 aromatic rings. The van der Waals surface area contributed by atoms with Crippen LogP contribution in [0, 0.1) is 0 Å². The Labute approximate surface area is 209 Å². The molecular formula is C23H26Cl3N5O2. The van der Waals surface area contributed by atoms with Crippen molar-refractivity contribution in [2.45, 2.75) is 43.7 Å². The van der Waals surface area contributed by atoms with E-state index in [1.807, 2.05) is 6.07 Å². The summed E-state index contributed by atoms with van der Waals surface area (Å²) in [5.41, 5.74) is 1.16. The van der Waals surface area contributed by atoms with Gasteiger partial charge < -0.3 is 14.7 Å². The summed E-state index contributed by atoms with van der Waals surface area (Å²) in [4.78, 5) is 6.43. The van der Waals surface area contributed by atoms with E-state index in [0.29, 0.717) is 22.5 Å². The number of pyridine rings is 1. The Morgan fingerprint density at radius 1 is 1.09 bits per heavy atom. The topological polar surface area (TPSA) is 76.3 Å². The highest BCUT2D eigenvalue weighted by molar-refractivity contribution is 6.35. The van der Waals surface area contributed by atoms with Crippen LogP contribution in [0.15, 0.2) is 42.6 Å². The summed E-state index contributed by atoms with van der Waals surface area (Å²) in [6.07, 6.45) is 5.27. The first kappa shape index (κ1) is 24.1. The molecule has 1 saturated carbocycles. The van der Waals surface area contributed by atoms with E-state index >= 15 is 0 Å². The van der Waals surface area contributed by atoms with Crippen LogP contribution in [-0.2, 0) is 12.0 Å². The maximum Gasteiger partial charge on any atom is 0.232 e. The molecule has 1 aliphatic carbocycles. The largest absolute Gasteiger partial charge is 0.473 e. The van der Waals surface area contributed by atoms with Gasteiger partial charge in [0.25, 0.3) is 0 Å². The maximum atomic E-state index is 9.75. The predicted molar refractivity (Wildman–Crippen MR) is 131 cm³/mol. The van der Waals surface area contributed by atoms with Crippen LogP contribution in [-0.4, -0.2) is 50.7 Å². The average molecular weight is 511 g/mol. The van der Waals surface area contributed by atoms with Crippen molar-refractivity contribution in [1.29, 1.82) is 0 Å². The molecule has 10 heteroatoms. The molecule has 0 amide bonds. The average Bonchev–Trinajstić information content (AvgIpc) is 3.51. The Balaban J connectivity index is 0.00000259. The maximum absolute atomic E-state index is 9.75. The Hall–Kier alpha value is -2.06. The molecule has 0 unspecified atom stereocenters. The number of aliphatic hydroxyl groups excluding tert-OH is 1. The molecular weight excluding hydrogens is 485 g/mol. The molecule has 0 radical (unpaired) electrons. The predicted octanol–water partition coefficient (Wildman–Crippen LogP) is 4.52. The minimum Gasteiger partial charge on any atom is -0.473 e. The highest BCUT2D eigenvalue weighted by atomic mass is 35.5. The van der Waals surface area contributed by atoms with Crippen molar-refractivity contribution in [3.63, 3.8) is 0 Å². The van der Waals surface area contributed by atoms with Gasteiger partial charge in [-0.05, 0) is 24.5 Å². The number of anilines is 1. The summed E-state index contributed by atoms with van der Waals surface area (Å²) in [7, 11) is 0. The van der Waals surface area contributed by atoms with Crippen LogP contribution >= 0.6 is 35.6 Å². The van der Waals surface area contributed by atoms with Gasteiger partial charge in [0.05, 0.1) is 23.6 Å². The molecule has 5 rings (SSSR count). The van der Waals surface area contributed by atoms with Crippen LogP contribution in [0.4, 0.5) is 5.95 Å².